The number of hydrogen-bond acceptors (Lipinski definition) is 7. The molecule has 1 aromatic heterocycles. The van der Waals surface area contributed by atoms with Crippen molar-refractivity contribution in [3.8, 4) is 5.88 Å². The lowest BCUT2D eigenvalue weighted by Gasteiger charge is -2.35. The normalized spacial score (nSPS) is 20.9. The molecule has 30 heavy (non-hydrogen) atoms. The number of carbonyl (C=O) groups is 1. The molecule has 0 bridgehead atoms. The monoisotopic (exact) mass is 415 g/mol. The lowest BCUT2D eigenvalue weighted by molar-refractivity contribution is -0.120. The number of ether oxygens (including phenoxy) is 2. The number of halogens is 1. The Hall–Kier alpha value is -2.94. The Morgan fingerprint density at radius 1 is 1.27 bits per heavy atom. The van der Waals surface area contributed by atoms with Crippen LogP contribution in [-0.4, -0.2) is 54.8 Å². The van der Waals surface area contributed by atoms with E-state index in [1.54, 1.807) is 0 Å². The first kappa shape index (κ1) is 20.3. The summed E-state index contributed by atoms with van der Waals surface area (Å²) in [6.07, 6.45) is 2.76. The molecule has 2 aliphatic rings. The number of nitrogens with zero attached hydrogens (tertiary/aromatic N) is 3. The summed E-state index contributed by atoms with van der Waals surface area (Å²) in [5, 5.41) is 5.95. The average molecular weight is 415 g/mol. The van der Waals surface area contributed by atoms with Gasteiger partial charge in [-0.2, -0.15) is 9.37 Å². The molecule has 2 N–H and O–H groups in total. The Labute approximate surface area is 174 Å². The van der Waals surface area contributed by atoms with E-state index in [1.165, 1.54) is 6.92 Å². The Bertz CT molecular complexity index is 867. The minimum Gasteiger partial charge on any atom is -0.475 e. The zero-order valence-corrected chi connectivity index (χ0v) is 16.9. The third kappa shape index (κ3) is 5.15. The first-order chi connectivity index (χ1) is 14.6. The minimum atomic E-state index is -0.596. The molecular weight excluding hydrogens is 389 g/mol. The number of aromatic nitrogens is 2. The van der Waals surface area contributed by atoms with Crippen molar-refractivity contribution in [2.24, 2.45) is 5.92 Å². The van der Waals surface area contributed by atoms with Gasteiger partial charge in [-0.05, 0) is 43.0 Å². The highest BCUT2D eigenvalue weighted by molar-refractivity contribution is 5.73. The fourth-order valence-electron chi connectivity index (χ4n) is 3.69. The summed E-state index contributed by atoms with van der Waals surface area (Å²) in [4.78, 5) is 21.5. The summed E-state index contributed by atoms with van der Waals surface area (Å²) in [6, 6.07) is 8.11. The second-order valence-corrected chi connectivity index (χ2v) is 7.66. The van der Waals surface area contributed by atoms with Crippen molar-refractivity contribution in [1.29, 1.82) is 0 Å². The van der Waals surface area contributed by atoms with E-state index in [4.69, 9.17) is 9.47 Å². The van der Waals surface area contributed by atoms with Crippen LogP contribution in [0.1, 0.15) is 19.8 Å². The molecule has 1 aromatic carbocycles. The average Bonchev–Trinajstić information content (AvgIpc) is 2.72. The number of hydrogen-bond donors (Lipinski definition) is 2. The molecule has 2 aromatic rings. The molecule has 1 aliphatic heterocycles. The summed E-state index contributed by atoms with van der Waals surface area (Å²) in [7, 11) is 0. The van der Waals surface area contributed by atoms with Crippen molar-refractivity contribution in [2.75, 3.05) is 43.1 Å². The molecule has 1 amide bonds. The van der Waals surface area contributed by atoms with Gasteiger partial charge in [0, 0.05) is 37.4 Å². The molecule has 2 fully saturated rings. The molecule has 1 aliphatic carbocycles. The maximum absolute atomic E-state index is 14.0. The topological polar surface area (TPSA) is 88.6 Å². The van der Waals surface area contributed by atoms with E-state index < -0.39 is 5.82 Å². The number of nitrogens with one attached hydrogen (secondary N) is 2. The molecule has 0 unspecified atom stereocenters. The van der Waals surface area contributed by atoms with Gasteiger partial charge in [0.15, 0.2) is 0 Å². The maximum atomic E-state index is 14.0. The van der Waals surface area contributed by atoms with Crippen molar-refractivity contribution in [2.45, 2.75) is 25.8 Å². The predicted octanol–water partition coefficient (Wildman–Crippen LogP) is 2.49. The van der Waals surface area contributed by atoms with Gasteiger partial charge in [0.1, 0.15) is 0 Å². The highest BCUT2D eigenvalue weighted by Gasteiger charge is 2.30. The van der Waals surface area contributed by atoms with E-state index in [9.17, 15) is 9.18 Å². The number of morpholine rings is 1. The third-order valence-electron chi connectivity index (χ3n) is 5.31. The lowest BCUT2D eigenvalue weighted by atomic mass is 9.81. The van der Waals surface area contributed by atoms with Gasteiger partial charge in [-0.15, -0.1) is 0 Å². The lowest BCUT2D eigenvalue weighted by Crippen LogP contribution is -2.45. The van der Waals surface area contributed by atoms with Gasteiger partial charge in [0.25, 0.3) is 5.88 Å². The fraction of sp³-hybridized carbons (Fsp3) is 0.476. The van der Waals surface area contributed by atoms with E-state index in [1.807, 2.05) is 24.3 Å². The van der Waals surface area contributed by atoms with Crippen LogP contribution in [0.4, 0.5) is 21.7 Å². The number of benzene rings is 1. The molecule has 0 atom stereocenters. The highest BCUT2D eigenvalue weighted by atomic mass is 19.1. The van der Waals surface area contributed by atoms with Crippen LogP contribution in [0.2, 0.25) is 0 Å². The number of amides is 1. The number of rotatable bonds is 7. The highest BCUT2D eigenvalue weighted by Crippen LogP contribution is 2.29. The van der Waals surface area contributed by atoms with Crippen molar-refractivity contribution in [1.82, 2.24) is 15.3 Å². The van der Waals surface area contributed by atoms with Crippen LogP contribution < -0.4 is 20.3 Å². The standard InChI is InChI=1S/C21H26FN5O3/c1-14(28)24-17-10-15(11-17)13-30-20-19(22)12-23-21(26-20)25-16-2-4-18(5-3-16)27-6-8-29-9-7-27/h2-5,12,15,17H,6-11,13H2,1H3,(H,24,28)(H,23,25,26)/t15-,17-. The van der Waals surface area contributed by atoms with Gasteiger partial charge in [-0.25, -0.2) is 4.98 Å². The Balaban J connectivity index is 1.31. The summed E-state index contributed by atoms with van der Waals surface area (Å²) in [5.41, 5.74) is 1.94. The van der Waals surface area contributed by atoms with E-state index in [-0.39, 0.29) is 29.7 Å². The van der Waals surface area contributed by atoms with Crippen molar-refractivity contribution >= 4 is 23.2 Å². The van der Waals surface area contributed by atoms with Crippen LogP contribution in [0.25, 0.3) is 0 Å². The van der Waals surface area contributed by atoms with Crippen LogP contribution in [0.15, 0.2) is 30.5 Å². The SMILES string of the molecule is CC(=O)N[C@H]1C[C@H](COc2nc(Nc3ccc(N4CCOCC4)cc3)ncc2F)C1. The minimum absolute atomic E-state index is 0.0325. The fourth-order valence-corrected chi connectivity index (χ4v) is 3.69. The van der Waals surface area contributed by atoms with Crippen molar-refractivity contribution in [3.05, 3.63) is 36.3 Å². The van der Waals surface area contributed by atoms with Crippen LogP contribution in [0, 0.1) is 11.7 Å². The van der Waals surface area contributed by atoms with Gasteiger partial charge < -0.3 is 25.0 Å². The second-order valence-electron chi connectivity index (χ2n) is 7.66. The Kier molecular flexibility index (Phi) is 6.27. The quantitative estimate of drug-likeness (QED) is 0.718. The first-order valence-electron chi connectivity index (χ1n) is 10.2. The van der Waals surface area contributed by atoms with Crippen molar-refractivity contribution < 1.29 is 18.7 Å². The van der Waals surface area contributed by atoms with E-state index >= 15 is 0 Å². The van der Waals surface area contributed by atoms with Crippen LogP contribution in [0.3, 0.4) is 0 Å². The molecule has 1 saturated carbocycles. The van der Waals surface area contributed by atoms with E-state index in [0.717, 1.165) is 56.7 Å². The Morgan fingerprint density at radius 3 is 2.70 bits per heavy atom. The second kappa shape index (κ2) is 9.25. The molecule has 0 radical (unpaired) electrons. The van der Waals surface area contributed by atoms with Crippen LogP contribution in [-0.2, 0) is 9.53 Å². The number of carbonyl (C=O) groups excluding carboxylic acids is 1. The van der Waals surface area contributed by atoms with Gasteiger partial charge in [0.2, 0.25) is 17.7 Å². The van der Waals surface area contributed by atoms with Gasteiger partial charge in [-0.1, -0.05) is 0 Å². The van der Waals surface area contributed by atoms with Gasteiger partial charge in [0.05, 0.1) is 26.0 Å². The summed E-state index contributed by atoms with van der Waals surface area (Å²) in [5.74, 6) is -0.146. The summed E-state index contributed by atoms with van der Waals surface area (Å²) < 4.78 is 25.0. The summed E-state index contributed by atoms with van der Waals surface area (Å²) >= 11 is 0. The largest absolute Gasteiger partial charge is 0.475 e. The smallest absolute Gasteiger partial charge is 0.255 e. The zero-order chi connectivity index (χ0) is 20.9. The zero-order valence-electron chi connectivity index (χ0n) is 16.9. The number of anilines is 3. The predicted molar refractivity (Wildman–Crippen MR) is 111 cm³/mol. The molecule has 1 saturated heterocycles. The molecule has 2 heterocycles. The first-order valence-corrected chi connectivity index (χ1v) is 10.2. The van der Waals surface area contributed by atoms with Gasteiger partial charge >= 0.3 is 0 Å². The molecule has 4 rings (SSSR count). The molecule has 8 nitrogen and oxygen atoms in total. The molecular formula is C21H26FN5O3. The molecule has 9 heteroatoms. The molecule has 0 spiro atoms. The van der Waals surface area contributed by atoms with Crippen LogP contribution >= 0.6 is 0 Å². The van der Waals surface area contributed by atoms with Crippen molar-refractivity contribution in [3.63, 3.8) is 0 Å². The van der Waals surface area contributed by atoms with Crippen LogP contribution in [0.5, 0.6) is 5.88 Å². The van der Waals surface area contributed by atoms with Gasteiger partial charge in [-0.3, -0.25) is 4.79 Å². The maximum Gasteiger partial charge on any atom is 0.255 e. The third-order valence-corrected chi connectivity index (χ3v) is 5.31. The summed E-state index contributed by atoms with van der Waals surface area (Å²) in [6.45, 7) is 5.09. The molecule has 160 valence electrons. The van der Waals surface area contributed by atoms with E-state index in [2.05, 4.69) is 25.5 Å². The van der Waals surface area contributed by atoms with E-state index in [0.29, 0.717) is 6.61 Å². The Morgan fingerprint density at radius 2 is 2.00 bits per heavy atom.